The molecule has 0 aromatic heterocycles. The first-order valence-electron chi connectivity index (χ1n) is 6.63. The average molecular weight is 269 g/mol. The van der Waals surface area contributed by atoms with E-state index in [4.69, 9.17) is 5.11 Å². The molecule has 0 spiro atoms. The molecule has 0 heterocycles. The third kappa shape index (κ3) is 3.85. The average Bonchev–Trinajstić information content (AvgIpc) is 2.41. The molecule has 2 rings (SSSR count). The van der Waals surface area contributed by atoms with Crippen LogP contribution in [0, 0.1) is 13.8 Å². The number of hydrogen-bond donors (Lipinski definition) is 1. The number of anilines is 1. The summed E-state index contributed by atoms with van der Waals surface area (Å²) >= 11 is 0. The van der Waals surface area contributed by atoms with Crippen LogP contribution in [0.3, 0.4) is 0 Å². The molecule has 0 atom stereocenters. The van der Waals surface area contributed by atoms with Gasteiger partial charge in [-0.05, 0) is 31.5 Å². The van der Waals surface area contributed by atoms with Crippen LogP contribution in [0.1, 0.15) is 16.7 Å². The summed E-state index contributed by atoms with van der Waals surface area (Å²) in [5.74, 6) is -0.822. The highest BCUT2D eigenvalue weighted by Crippen LogP contribution is 2.18. The maximum Gasteiger partial charge on any atom is 0.323 e. The molecular formula is C17H19NO2. The fourth-order valence-electron chi connectivity index (χ4n) is 2.07. The molecule has 2 aromatic rings. The Morgan fingerprint density at radius 2 is 1.45 bits per heavy atom. The van der Waals surface area contributed by atoms with Gasteiger partial charge < -0.3 is 10.0 Å². The summed E-state index contributed by atoms with van der Waals surface area (Å²) in [5, 5.41) is 9.08. The highest BCUT2D eigenvalue weighted by atomic mass is 16.4. The Labute approximate surface area is 119 Å². The monoisotopic (exact) mass is 269 g/mol. The van der Waals surface area contributed by atoms with Crippen molar-refractivity contribution in [3.05, 3.63) is 65.2 Å². The number of hydrogen-bond acceptors (Lipinski definition) is 2. The minimum Gasteiger partial charge on any atom is -0.480 e. The highest BCUT2D eigenvalue weighted by molar-refractivity contribution is 5.73. The normalized spacial score (nSPS) is 10.3. The topological polar surface area (TPSA) is 40.5 Å². The van der Waals surface area contributed by atoms with Gasteiger partial charge in [-0.25, -0.2) is 0 Å². The van der Waals surface area contributed by atoms with Crippen LogP contribution in [0.25, 0.3) is 0 Å². The molecule has 0 saturated carbocycles. The molecule has 3 heteroatoms. The number of aryl methyl sites for hydroxylation is 2. The predicted octanol–water partition coefficient (Wildman–Crippen LogP) is 3.39. The second-order valence-corrected chi connectivity index (χ2v) is 5.07. The van der Waals surface area contributed by atoms with Crippen LogP contribution in [0.2, 0.25) is 0 Å². The van der Waals surface area contributed by atoms with Gasteiger partial charge in [0.05, 0.1) is 0 Å². The number of carbonyl (C=O) groups is 1. The third-order valence-electron chi connectivity index (χ3n) is 3.22. The maximum atomic E-state index is 11.1. The van der Waals surface area contributed by atoms with Gasteiger partial charge in [-0.3, -0.25) is 4.79 Å². The van der Waals surface area contributed by atoms with Gasteiger partial charge in [-0.15, -0.1) is 0 Å². The van der Waals surface area contributed by atoms with E-state index in [2.05, 4.69) is 0 Å². The first-order valence-corrected chi connectivity index (χ1v) is 6.63. The summed E-state index contributed by atoms with van der Waals surface area (Å²) in [6, 6.07) is 16.1. The van der Waals surface area contributed by atoms with E-state index in [1.165, 1.54) is 11.1 Å². The molecular weight excluding hydrogens is 250 g/mol. The van der Waals surface area contributed by atoms with Crippen LogP contribution in [-0.2, 0) is 11.3 Å². The van der Waals surface area contributed by atoms with Crippen LogP contribution in [0.4, 0.5) is 5.69 Å². The molecule has 1 N–H and O–H groups in total. The van der Waals surface area contributed by atoms with Crippen LogP contribution in [-0.4, -0.2) is 17.6 Å². The smallest absolute Gasteiger partial charge is 0.323 e. The van der Waals surface area contributed by atoms with E-state index in [-0.39, 0.29) is 6.54 Å². The van der Waals surface area contributed by atoms with E-state index in [9.17, 15) is 4.79 Å². The lowest BCUT2D eigenvalue weighted by Crippen LogP contribution is -2.29. The molecule has 0 radical (unpaired) electrons. The minimum absolute atomic E-state index is 0.00304. The van der Waals surface area contributed by atoms with Gasteiger partial charge in [-0.2, -0.15) is 0 Å². The van der Waals surface area contributed by atoms with Gasteiger partial charge in [0, 0.05) is 12.2 Å². The van der Waals surface area contributed by atoms with E-state index in [0.29, 0.717) is 6.54 Å². The number of carboxylic acid groups (broad SMARTS) is 1. The second kappa shape index (κ2) is 6.24. The Balaban J connectivity index is 2.21. The van der Waals surface area contributed by atoms with Crippen molar-refractivity contribution in [3.8, 4) is 0 Å². The van der Waals surface area contributed by atoms with E-state index < -0.39 is 5.97 Å². The zero-order valence-electron chi connectivity index (χ0n) is 11.8. The molecule has 0 aliphatic heterocycles. The summed E-state index contributed by atoms with van der Waals surface area (Å²) in [6.07, 6.45) is 0. The summed E-state index contributed by atoms with van der Waals surface area (Å²) in [7, 11) is 0. The molecule has 104 valence electrons. The zero-order chi connectivity index (χ0) is 14.5. The molecule has 0 bridgehead atoms. The van der Waals surface area contributed by atoms with Gasteiger partial charge in [0.25, 0.3) is 0 Å². The summed E-state index contributed by atoms with van der Waals surface area (Å²) in [4.78, 5) is 12.9. The number of carboxylic acids is 1. The van der Waals surface area contributed by atoms with Gasteiger partial charge in [0.1, 0.15) is 6.54 Å². The van der Waals surface area contributed by atoms with Crippen molar-refractivity contribution in [2.24, 2.45) is 0 Å². The zero-order valence-corrected chi connectivity index (χ0v) is 11.8. The number of rotatable bonds is 5. The highest BCUT2D eigenvalue weighted by Gasteiger charge is 2.11. The van der Waals surface area contributed by atoms with Gasteiger partial charge in [-0.1, -0.05) is 47.5 Å². The molecule has 0 aliphatic rings. The van der Waals surface area contributed by atoms with Crippen molar-refractivity contribution in [2.45, 2.75) is 20.4 Å². The Hall–Kier alpha value is -2.29. The van der Waals surface area contributed by atoms with Crippen molar-refractivity contribution >= 4 is 11.7 Å². The third-order valence-corrected chi connectivity index (χ3v) is 3.22. The van der Waals surface area contributed by atoms with Crippen molar-refractivity contribution < 1.29 is 9.90 Å². The molecule has 0 fully saturated rings. The molecule has 20 heavy (non-hydrogen) atoms. The lowest BCUT2D eigenvalue weighted by atomic mass is 10.1. The fourth-order valence-corrected chi connectivity index (χ4v) is 2.07. The fraction of sp³-hybridized carbons (Fsp3) is 0.235. The summed E-state index contributed by atoms with van der Waals surface area (Å²) in [6.45, 7) is 4.65. The molecule has 0 unspecified atom stereocenters. The van der Waals surface area contributed by atoms with Crippen molar-refractivity contribution in [2.75, 3.05) is 11.4 Å². The number of benzene rings is 2. The largest absolute Gasteiger partial charge is 0.480 e. The van der Waals surface area contributed by atoms with E-state index in [0.717, 1.165) is 11.3 Å². The number of aliphatic carboxylic acids is 1. The molecule has 2 aromatic carbocycles. The van der Waals surface area contributed by atoms with Gasteiger partial charge in [0.15, 0.2) is 0 Å². The van der Waals surface area contributed by atoms with Gasteiger partial charge in [0.2, 0.25) is 0 Å². The standard InChI is InChI=1S/C17H19NO2/c1-13-3-7-15(8-4-13)11-18(12-17(19)20)16-9-5-14(2)6-10-16/h3-10H,11-12H2,1-2H3,(H,19,20). The summed E-state index contributed by atoms with van der Waals surface area (Å²) < 4.78 is 0. The summed E-state index contributed by atoms with van der Waals surface area (Å²) in [5.41, 5.74) is 4.41. The molecule has 0 saturated heterocycles. The Morgan fingerprint density at radius 1 is 0.950 bits per heavy atom. The van der Waals surface area contributed by atoms with Crippen molar-refractivity contribution in [3.63, 3.8) is 0 Å². The van der Waals surface area contributed by atoms with Crippen molar-refractivity contribution in [1.82, 2.24) is 0 Å². The lowest BCUT2D eigenvalue weighted by molar-refractivity contribution is -0.135. The van der Waals surface area contributed by atoms with Crippen LogP contribution in [0.15, 0.2) is 48.5 Å². The van der Waals surface area contributed by atoms with Crippen LogP contribution in [0.5, 0.6) is 0 Å². The van der Waals surface area contributed by atoms with Gasteiger partial charge >= 0.3 is 5.97 Å². The minimum atomic E-state index is -0.822. The Bertz CT molecular complexity index is 573. The molecule has 0 amide bonds. The Morgan fingerprint density at radius 3 is 1.95 bits per heavy atom. The molecule has 0 aliphatic carbocycles. The SMILES string of the molecule is Cc1ccc(CN(CC(=O)O)c2ccc(C)cc2)cc1. The van der Waals surface area contributed by atoms with Crippen LogP contribution < -0.4 is 4.90 Å². The van der Waals surface area contributed by atoms with Crippen LogP contribution >= 0.6 is 0 Å². The van der Waals surface area contributed by atoms with Crippen molar-refractivity contribution in [1.29, 1.82) is 0 Å². The van der Waals surface area contributed by atoms with E-state index in [1.54, 1.807) is 0 Å². The van der Waals surface area contributed by atoms with E-state index >= 15 is 0 Å². The second-order valence-electron chi connectivity index (χ2n) is 5.07. The first-order chi connectivity index (χ1) is 9.54. The lowest BCUT2D eigenvalue weighted by Gasteiger charge is -2.23. The van der Waals surface area contributed by atoms with E-state index in [1.807, 2.05) is 67.3 Å². The maximum absolute atomic E-state index is 11.1. The molecule has 3 nitrogen and oxygen atoms in total. The number of nitrogens with zero attached hydrogens (tertiary/aromatic N) is 1. The predicted molar refractivity (Wildman–Crippen MR) is 81.0 cm³/mol. The first kappa shape index (κ1) is 14.1. The quantitative estimate of drug-likeness (QED) is 0.904. The Kier molecular flexibility index (Phi) is 4.41.